The van der Waals surface area contributed by atoms with E-state index in [0.717, 1.165) is 13.2 Å². The van der Waals surface area contributed by atoms with Crippen molar-refractivity contribution in [1.29, 1.82) is 0 Å². The maximum atomic E-state index is 11.6. The highest BCUT2D eigenvalue weighted by Crippen LogP contribution is 2.03. The van der Waals surface area contributed by atoms with Crippen molar-refractivity contribution in [3.05, 3.63) is 0 Å². The molecule has 1 unspecified atom stereocenters. The van der Waals surface area contributed by atoms with Crippen LogP contribution in [0, 0.1) is 0 Å². The first-order chi connectivity index (χ1) is 9.09. The Kier molecular flexibility index (Phi) is 7.19. The average molecular weight is 309 g/mol. The third kappa shape index (κ3) is 6.50. The molecular weight excluding hydrogens is 290 g/mol. The van der Waals surface area contributed by atoms with Crippen molar-refractivity contribution in [2.24, 2.45) is 0 Å². The highest BCUT2D eigenvalue weighted by atomic mass is 32.2. The van der Waals surface area contributed by atoms with E-state index in [1.807, 2.05) is 0 Å². The van der Waals surface area contributed by atoms with Gasteiger partial charge < -0.3 is 15.2 Å². The van der Waals surface area contributed by atoms with Gasteiger partial charge in [-0.25, -0.2) is 13.2 Å². The molecule has 0 fully saturated rings. The molecule has 2 N–H and O–H groups in total. The van der Waals surface area contributed by atoms with Gasteiger partial charge >= 0.3 is 11.9 Å². The first-order valence-corrected chi connectivity index (χ1v) is 7.92. The molecule has 116 valence electrons. The van der Waals surface area contributed by atoms with Crippen molar-refractivity contribution < 1.29 is 32.6 Å². The van der Waals surface area contributed by atoms with Crippen LogP contribution in [0.3, 0.4) is 0 Å². The number of aliphatic carboxylic acids is 1. The Morgan fingerprint density at radius 2 is 1.85 bits per heavy atom. The molecular formula is C11H19NO7S. The fourth-order valence-corrected chi connectivity index (χ4v) is 1.69. The van der Waals surface area contributed by atoms with Crippen LogP contribution in [0.5, 0.6) is 0 Å². The number of carboxylic acids is 1. The molecule has 0 saturated heterocycles. The maximum absolute atomic E-state index is 11.6. The Labute approximate surface area is 117 Å². The normalized spacial score (nSPS) is 14.2. The van der Waals surface area contributed by atoms with E-state index in [-0.39, 0.29) is 19.4 Å². The molecule has 8 nitrogen and oxygen atoms in total. The number of esters is 1. The fourth-order valence-electron chi connectivity index (χ4n) is 1.24. The molecule has 0 aromatic heterocycles. The zero-order valence-electron chi connectivity index (χ0n) is 11.6. The lowest BCUT2D eigenvalue weighted by molar-refractivity contribution is -0.145. The average Bonchev–Trinajstić information content (AvgIpc) is 2.31. The summed E-state index contributed by atoms with van der Waals surface area (Å²) >= 11 is 0. The lowest BCUT2D eigenvalue weighted by Crippen LogP contribution is -2.46. The van der Waals surface area contributed by atoms with Crippen molar-refractivity contribution in [3.63, 3.8) is 0 Å². The Balaban J connectivity index is 4.60. The highest BCUT2D eigenvalue weighted by molar-refractivity contribution is 7.92. The second-order valence-electron chi connectivity index (χ2n) is 4.21. The lowest BCUT2D eigenvalue weighted by Gasteiger charge is -2.16. The third-order valence-electron chi connectivity index (χ3n) is 2.57. The van der Waals surface area contributed by atoms with Gasteiger partial charge in [0.25, 0.3) is 0 Å². The first kappa shape index (κ1) is 18.4. The number of rotatable bonds is 8. The number of ether oxygens (including phenoxy) is 1. The van der Waals surface area contributed by atoms with Crippen molar-refractivity contribution >= 4 is 27.7 Å². The summed E-state index contributed by atoms with van der Waals surface area (Å²) < 4.78 is 27.0. The van der Waals surface area contributed by atoms with E-state index < -0.39 is 39.0 Å². The van der Waals surface area contributed by atoms with Gasteiger partial charge in [0, 0.05) is 12.7 Å². The van der Waals surface area contributed by atoms with Gasteiger partial charge in [-0.2, -0.15) is 0 Å². The van der Waals surface area contributed by atoms with E-state index in [0.29, 0.717) is 0 Å². The van der Waals surface area contributed by atoms with Crippen LogP contribution in [0.1, 0.15) is 26.7 Å². The molecule has 0 aromatic rings. The summed E-state index contributed by atoms with van der Waals surface area (Å²) in [6.07, 6.45) is 0.528. The molecule has 0 aromatic carbocycles. The van der Waals surface area contributed by atoms with Crippen molar-refractivity contribution in [2.45, 2.75) is 38.0 Å². The number of amides is 1. The molecule has 0 aliphatic carbocycles. The third-order valence-corrected chi connectivity index (χ3v) is 4.07. The molecule has 0 aliphatic rings. The van der Waals surface area contributed by atoms with E-state index in [4.69, 9.17) is 5.11 Å². The number of sulfone groups is 1. The number of nitrogens with one attached hydrogen (secondary N) is 1. The smallest absolute Gasteiger partial charge is 0.326 e. The van der Waals surface area contributed by atoms with E-state index in [2.05, 4.69) is 10.1 Å². The predicted octanol–water partition coefficient (Wildman–Crippen LogP) is -0.668. The number of carbonyl (C=O) groups excluding carboxylic acids is 2. The van der Waals surface area contributed by atoms with E-state index >= 15 is 0 Å². The predicted molar refractivity (Wildman–Crippen MR) is 69.7 cm³/mol. The van der Waals surface area contributed by atoms with Crippen LogP contribution in [0.25, 0.3) is 0 Å². The number of hydrogen-bond acceptors (Lipinski definition) is 6. The van der Waals surface area contributed by atoms with Crippen LogP contribution in [0.15, 0.2) is 0 Å². The molecule has 0 radical (unpaired) electrons. The second kappa shape index (κ2) is 7.83. The largest absolute Gasteiger partial charge is 0.480 e. The summed E-state index contributed by atoms with van der Waals surface area (Å²) in [4.78, 5) is 33.7. The first-order valence-electron chi connectivity index (χ1n) is 5.97. The maximum Gasteiger partial charge on any atom is 0.326 e. The molecule has 0 spiro atoms. The zero-order valence-corrected chi connectivity index (χ0v) is 12.4. The molecule has 2 atom stereocenters. The molecule has 9 heteroatoms. The molecule has 0 saturated carbocycles. The van der Waals surface area contributed by atoms with Gasteiger partial charge in [0.15, 0.2) is 9.84 Å². The van der Waals surface area contributed by atoms with E-state index in [9.17, 15) is 22.8 Å². The molecule has 1 amide bonds. The van der Waals surface area contributed by atoms with Gasteiger partial charge in [-0.05, 0) is 20.3 Å². The summed E-state index contributed by atoms with van der Waals surface area (Å²) in [7, 11) is -3.61. The lowest BCUT2D eigenvalue weighted by atomic mass is 10.1. The summed E-state index contributed by atoms with van der Waals surface area (Å²) in [5.74, 6) is -2.84. The van der Waals surface area contributed by atoms with Crippen LogP contribution in [-0.2, 0) is 29.0 Å². The van der Waals surface area contributed by atoms with Gasteiger partial charge in [-0.1, -0.05) is 0 Å². The molecule has 0 aliphatic heterocycles. The minimum atomic E-state index is -3.61. The van der Waals surface area contributed by atoms with Gasteiger partial charge in [-0.3, -0.25) is 9.59 Å². The van der Waals surface area contributed by atoms with Crippen LogP contribution in [-0.4, -0.2) is 55.5 Å². The monoisotopic (exact) mass is 309 g/mol. The Hall–Kier alpha value is -1.64. The van der Waals surface area contributed by atoms with Gasteiger partial charge in [0.05, 0.1) is 6.61 Å². The zero-order chi connectivity index (χ0) is 15.9. The highest BCUT2D eigenvalue weighted by Gasteiger charge is 2.28. The SMILES string of the molecule is CCOC(=O)CC[C@H](NC(=O)C(C)S(C)(=O)=O)C(=O)O. The summed E-state index contributed by atoms with van der Waals surface area (Å²) in [6, 6.07) is -1.34. The van der Waals surface area contributed by atoms with Gasteiger partial charge in [0.2, 0.25) is 5.91 Å². The van der Waals surface area contributed by atoms with Gasteiger partial charge in [-0.15, -0.1) is 0 Å². The van der Waals surface area contributed by atoms with Crippen LogP contribution in [0.4, 0.5) is 0 Å². The Morgan fingerprint density at radius 3 is 2.25 bits per heavy atom. The Morgan fingerprint density at radius 1 is 1.30 bits per heavy atom. The van der Waals surface area contributed by atoms with Crippen molar-refractivity contribution in [1.82, 2.24) is 5.32 Å². The molecule has 20 heavy (non-hydrogen) atoms. The fraction of sp³-hybridized carbons (Fsp3) is 0.727. The quantitative estimate of drug-likeness (QED) is 0.569. The van der Waals surface area contributed by atoms with Gasteiger partial charge in [0.1, 0.15) is 11.3 Å². The minimum absolute atomic E-state index is 0.170. The van der Waals surface area contributed by atoms with Crippen molar-refractivity contribution in [2.75, 3.05) is 12.9 Å². The number of carbonyl (C=O) groups is 3. The van der Waals surface area contributed by atoms with E-state index in [1.165, 1.54) is 0 Å². The van der Waals surface area contributed by atoms with Crippen molar-refractivity contribution in [3.8, 4) is 0 Å². The molecule has 0 bridgehead atoms. The summed E-state index contributed by atoms with van der Waals surface area (Å²) in [5.41, 5.74) is 0. The van der Waals surface area contributed by atoms with Crippen LogP contribution >= 0.6 is 0 Å². The topological polar surface area (TPSA) is 127 Å². The molecule has 0 rings (SSSR count). The summed E-state index contributed by atoms with van der Waals surface area (Å²) in [6.45, 7) is 2.95. The molecule has 0 heterocycles. The van der Waals surface area contributed by atoms with Crippen LogP contribution < -0.4 is 5.32 Å². The summed E-state index contributed by atoms with van der Waals surface area (Å²) in [5, 5.41) is 9.67. The second-order valence-corrected chi connectivity index (χ2v) is 6.58. The number of carboxylic acid groups (broad SMARTS) is 1. The minimum Gasteiger partial charge on any atom is -0.480 e. The van der Waals surface area contributed by atoms with E-state index in [1.54, 1.807) is 6.92 Å². The number of hydrogen-bond donors (Lipinski definition) is 2. The van der Waals surface area contributed by atoms with Crippen LogP contribution in [0.2, 0.25) is 0 Å². The standard InChI is InChI=1S/C11H19NO7S/c1-4-19-9(13)6-5-8(11(15)16)12-10(14)7(2)20(3,17)18/h7-8H,4-6H2,1-3H3,(H,12,14)(H,15,16)/t7?,8-/m0/s1. The Bertz CT molecular complexity index is 471.